The molecule has 0 radical (unpaired) electrons. The lowest BCUT2D eigenvalue weighted by Gasteiger charge is -2.26. The summed E-state index contributed by atoms with van der Waals surface area (Å²) in [5.74, 6) is 0.784. The van der Waals surface area contributed by atoms with E-state index < -0.39 is 17.8 Å². The molecule has 0 bridgehead atoms. The number of benzene rings is 1. The van der Waals surface area contributed by atoms with Gasteiger partial charge in [-0.3, -0.25) is 4.79 Å². The predicted octanol–water partition coefficient (Wildman–Crippen LogP) is 3.87. The summed E-state index contributed by atoms with van der Waals surface area (Å²) in [4.78, 5) is 19.6. The van der Waals surface area contributed by atoms with Crippen molar-refractivity contribution < 1.29 is 23.1 Å². The van der Waals surface area contributed by atoms with Gasteiger partial charge in [-0.1, -0.05) is 12.1 Å². The van der Waals surface area contributed by atoms with Crippen molar-refractivity contribution in [2.45, 2.75) is 50.8 Å². The number of alkyl halides is 3. The number of carbonyl (C=O) groups excluding carboxylic acids is 1. The SMILES string of the molecule is C[C@@H](O)CNC(=O)C1CCC(c2ncc(-c3cccc(C(F)(F)F)c3)[nH]2)CC1. The standard InChI is InChI=1S/C20H24F3N3O2/c1-12(27)10-25-19(28)14-7-5-13(6-8-14)18-24-11-17(26-18)15-3-2-4-16(9-15)20(21,22)23/h2-4,9,11-14,27H,5-8,10H2,1H3,(H,24,26)(H,25,28)/t12-,13?,14?/m1/s1. The Labute approximate surface area is 161 Å². The Morgan fingerprint density at radius 2 is 2.04 bits per heavy atom. The molecule has 1 heterocycles. The van der Waals surface area contributed by atoms with E-state index in [-0.39, 0.29) is 24.3 Å². The Balaban J connectivity index is 1.62. The minimum Gasteiger partial charge on any atom is -0.392 e. The molecule has 0 saturated heterocycles. The summed E-state index contributed by atoms with van der Waals surface area (Å²) in [6.45, 7) is 1.87. The van der Waals surface area contributed by atoms with Crippen LogP contribution in [0, 0.1) is 5.92 Å². The average molecular weight is 395 g/mol. The number of amides is 1. The van der Waals surface area contributed by atoms with Crippen LogP contribution in [0.4, 0.5) is 13.2 Å². The van der Waals surface area contributed by atoms with Crippen LogP contribution in [0.1, 0.15) is 49.9 Å². The molecule has 3 N–H and O–H groups in total. The van der Waals surface area contributed by atoms with E-state index in [9.17, 15) is 23.1 Å². The van der Waals surface area contributed by atoms with Crippen molar-refractivity contribution in [3.63, 3.8) is 0 Å². The maximum atomic E-state index is 12.9. The first kappa shape index (κ1) is 20.4. The largest absolute Gasteiger partial charge is 0.416 e. The van der Waals surface area contributed by atoms with Gasteiger partial charge in [-0.05, 0) is 44.7 Å². The van der Waals surface area contributed by atoms with Crippen LogP contribution in [0.25, 0.3) is 11.3 Å². The molecule has 1 aromatic heterocycles. The van der Waals surface area contributed by atoms with Gasteiger partial charge in [0.2, 0.25) is 5.91 Å². The third kappa shape index (κ3) is 4.92. The number of aromatic amines is 1. The number of imidazole rings is 1. The number of nitrogens with one attached hydrogen (secondary N) is 2. The van der Waals surface area contributed by atoms with Gasteiger partial charge in [0.25, 0.3) is 0 Å². The summed E-state index contributed by atoms with van der Waals surface area (Å²) < 4.78 is 38.7. The highest BCUT2D eigenvalue weighted by molar-refractivity contribution is 5.78. The van der Waals surface area contributed by atoms with Crippen molar-refractivity contribution >= 4 is 5.91 Å². The highest BCUT2D eigenvalue weighted by atomic mass is 19.4. The Kier molecular flexibility index (Phi) is 6.07. The lowest BCUT2D eigenvalue weighted by molar-refractivity contribution is -0.137. The Morgan fingerprint density at radius 1 is 1.32 bits per heavy atom. The van der Waals surface area contributed by atoms with E-state index in [1.165, 1.54) is 6.07 Å². The van der Waals surface area contributed by atoms with Crippen LogP contribution in [0.3, 0.4) is 0 Å². The fourth-order valence-corrected chi connectivity index (χ4v) is 3.58. The maximum Gasteiger partial charge on any atom is 0.416 e. The van der Waals surface area contributed by atoms with Gasteiger partial charge in [0.05, 0.1) is 23.6 Å². The van der Waals surface area contributed by atoms with Crippen molar-refractivity contribution in [3.05, 3.63) is 41.9 Å². The molecule has 1 atom stereocenters. The summed E-state index contributed by atoms with van der Waals surface area (Å²) in [6, 6.07) is 5.16. The van der Waals surface area contributed by atoms with Crippen molar-refractivity contribution in [2.24, 2.45) is 5.92 Å². The molecule has 0 spiro atoms. The number of hydrogen-bond acceptors (Lipinski definition) is 3. The molecule has 1 amide bonds. The molecular formula is C20H24F3N3O2. The number of H-pyrrole nitrogens is 1. The van der Waals surface area contributed by atoms with E-state index in [0.717, 1.165) is 43.6 Å². The van der Waals surface area contributed by atoms with E-state index in [0.29, 0.717) is 11.3 Å². The highest BCUT2D eigenvalue weighted by Gasteiger charge is 2.31. The first-order valence-corrected chi connectivity index (χ1v) is 9.42. The van der Waals surface area contributed by atoms with Gasteiger partial charge in [-0.2, -0.15) is 13.2 Å². The van der Waals surface area contributed by atoms with Crippen molar-refractivity contribution in [2.75, 3.05) is 6.54 Å². The number of aliphatic hydroxyl groups is 1. The lowest BCUT2D eigenvalue weighted by Crippen LogP contribution is -2.36. The van der Waals surface area contributed by atoms with Gasteiger partial charge in [-0.25, -0.2) is 4.98 Å². The van der Waals surface area contributed by atoms with Crippen LogP contribution in [-0.2, 0) is 11.0 Å². The summed E-state index contributed by atoms with van der Waals surface area (Å²) in [5, 5.41) is 12.0. The summed E-state index contributed by atoms with van der Waals surface area (Å²) in [5.41, 5.74) is 0.308. The molecule has 1 aliphatic rings. The zero-order valence-electron chi connectivity index (χ0n) is 15.6. The second kappa shape index (κ2) is 8.34. The molecule has 0 unspecified atom stereocenters. The van der Waals surface area contributed by atoms with Crippen molar-refractivity contribution in [3.8, 4) is 11.3 Å². The molecule has 3 rings (SSSR count). The molecule has 1 fully saturated rings. The minimum atomic E-state index is -4.38. The van der Waals surface area contributed by atoms with Gasteiger partial charge >= 0.3 is 6.18 Å². The normalized spacial score (nSPS) is 21.3. The second-order valence-corrected chi connectivity index (χ2v) is 7.40. The number of aromatic nitrogens is 2. The monoisotopic (exact) mass is 395 g/mol. The second-order valence-electron chi connectivity index (χ2n) is 7.40. The molecule has 8 heteroatoms. The van der Waals surface area contributed by atoms with E-state index in [4.69, 9.17) is 0 Å². The van der Waals surface area contributed by atoms with Crippen LogP contribution in [0.2, 0.25) is 0 Å². The molecule has 152 valence electrons. The van der Waals surface area contributed by atoms with Crippen LogP contribution in [-0.4, -0.2) is 33.6 Å². The Morgan fingerprint density at radius 3 is 2.68 bits per heavy atom. The molecule has 28 heavy (non-hydrogen) atoms. The van der Waals surface area contributed by atoms with E-state index in [2.05, 4.69) is 15.3 Å². The van der Waals surface area contributed by atoms with Gasteiger partial charge in [0.15, 0.2) is 0 Å². The maximum absolute atomic E-state index is 12.9. The third-order valence-electron chi connectivity index (χ3n) is 5.15. The number of halogens is 3. The van der Waals surface area contributed by atoms with Gasteiger partial charge in [0.1, 0.15) is 5.82 Å². The molecule has 1 aliphatic carbocycles. The molecular weight excluding hydrogens is 371 g/mol. The zero-order valence-corrected chi connectivity index (χ0v) is 15.6. The Hall–Kier alpha value is -2.35. The van der Waals surface area contributed by atoms with Crippen LogP contribution in [0.5, 0.6) is 0 Å². The quantitative estimate of drug-likeness (QED) is 0.719. The summed E-state index contributed by atoms with van der Waals surface area (Å²) in [7, 11) is 0. The van der Waals surface area contributed by atoms with E-state index in [1.807, 2.05) is 0 Å². The predicted molar refractivity (Wildman–Crippen MR) is 98.4 cm³/mol. The first-order valence-electron chi connectivity index (χ1n) is 9.42. The van der Waals surface area contributed by atoms with Crippen molar-refractivity contribution in [1.29, 1.82) is 0 Å². The molecule has 1 saturated carbocycles. The van der Waals surface area contributed by atoms with Crippen molar-refractivity contribution in [1.82, 2.24) is 15.3 Å². The van der Waals surface area contributed by atoms with Gasteiger partial charge in [-0.15, -0.1) is 0 Å². The summed E-state index contributed by atoms with van der Waals surface area (Å²) in [6.07, 6.45) is -0.397. The molecule has 2 aromatic rings. The number of aliphatic hydroxyl groups excluding tert-OH is 1. The van der Waals surface area contributed by atoms with Crippen LogP contribution < -0.4 is 5.32 Å². The fraction of sp³-hybridized carbons (Fsp3) is 0.500. The third-order valence-corrected chi connectivity index (χ3v) is 5.15. The van der Waals surface area contributed by atoms with E-state index in [1.54, 1.807) is 19.2 Å². The fourth-order valence-electron chi connectivity index (χ4n) is 3.58. The highest BCUT2D eigenvalue weighted by Crippen LogP contribution is 2.36. The van der Waals surface area contributed by atoms with Crippen LogP contribution in [0.15, 0.2) is 30.5 Å². The minimum absolute atomic E-state index is 0.0385. The lowest BCUT2D eigenvalue weighted by atomic mass is 9.81. The summed E-state index contributed by atoms with van der Waals surface area (Å²) >= 11 is 0. The Bertz CT molecular complexity index is 809. The number of carbonyl (C=O) groups is 1. The van der Waals surface area contributed by atoms with Gasteiger partial charge < -0.3 is 15.4 Å². The van der Waals surface area contributed by atoms with Crippen LogP contribution >= 0.6 is 0 Å². The average Bonchev–Trinajstić information content (AvgIpc) is 3.16. The molecule has 0 aliphatic heterocycles. The first-order chi connectivity index (χ1) is 13.2. The molecule has 5 nitrogen and oxygen atoms in total. The number of hydrogen-bond donors (Lipinski definition) is 3. The molecule has 1 aromatic carbocycles. The number of rotatable bonds is 5. The topological polar surface area (TPSA) is 78.0 Å². The van der Waals surface area contributed by atoms with E-state index >= 15 is 0 Å². The zero-order chi connectivity index (χ0) is 20.3. The van der Waals surface area contributed by atoms with Gasteiger partial charge in [0, 0.05) is 23.9 Å². The number of nitrogens with zero attached hydrogens (tertiary/aromatic N) is 1. The smallest absolute Gasteiger partial charge is 0.392 e.